The van der Waals surface area contributed by atoms with Gasteiger partial charge in [0.15, 0.2) is 0 Å². The minimum atomic E-state index is -0.00334. The number of aromatic nitrogens is 1. The Morgan fingerprint density at radius 3 is 2.63 bits per heavy atom. The number of para-hydroxylation sites is 1. The summed E-state index contributed by atoms with van der Waals surface area (Å²) in [4.78, 5) is 4.01. The zero-order chi connectivity index (χ0) is 13.5. The minimum absolute atomic E-state index is 0.00334. The van der Waals surface area contributed by atoms with Gasteiger partial charge in [-0.15, -0.1) is 0 Å². The minimum Gasteiger partial charge on any atom is -0.493 e. The summed E-state index contributed by atoms with van der Waals surface area (Å²) >= 11 is 0. The molecule has 0 unspecified atom stereocenters. The maximum Gasteiger partial charge on any atom is 0.124 e. The average molecular weight is 256 g/mol. The number of nitrogens with zero attached hydrogens (tertiary/aromatic N) is 1. The van der Waals surface area contributed by atoms with Crippen LogP contribution >= 0.6 is 0 Å². The van der Waals surface area contributed by atoms with Crippen LogP contribution in [0.5, 0.6) is 5.75 Å². The highest BCUT2D eigenvalue weighted by Crippen LogP contribution is 2.23. The van der Waals surface area contributed by atoms with Gasteiger partial charge in [0.1, 0.15) is 5.75 Å². The van der Waals surface area contributed by atoms with Crippen LogP contribution in [0.1, 0.15) is 30.5 Å². The van der Waals surface area contributed by atoms with Crippen molar-refractivity contribution in [3.8, 4) is 5.75 Å². The number of nitrogens with two attached hydrogens (primary N) is 1. The van der Waals surface area contributed by atoms with Crippen molar-refractivity contribution in [2.75, 3.05) is 6.61 Å². The van der Waals surface area contributed by atoms with Crippen molar-refractivity contribution in [2.24, 2.45) is 5.73 Å². The maximum absolute atomic E-state index is 5.92. The molecule has 0 aliphatic rings. The van der Waals surface area contributed by atoms with Crippen molar-refractivity contribution in [3.63, 3.8) is 0 Å². The summed E-state index contributed by atoms with van der Waals surface area (Å²) in [5, 5.41) is 0. The van der Waals surface area contributed by atoms with E-state index >= 15 is 0 Å². The second-order valence-corrected chi connectivity index (χ2v) is 4.63. The van der Waals surface area contributed by atoms with Crippen LogP contribution in [-0.2, 0) is 6.42 Å². The molecule has 0 fully saturated rings. The van der Waals surface area contributed by atoms with Gasteiger partial charge in [0, 0.05) is 24.0 Å². The Labute approximate surface area is 114 Å². The highest BCUT2D eigenvalue weighted by atomic mass is 16.5. The van der Waals surface area contributed by atoms with Crippen molar-refractivity contribution in [2.45, 2.75) is 25.8 Å². The van der Waals surface area contributed by atoms with Gasteiger partial charge in [-0.1, -0.05) is 18.2 Å². The lowest BCUT2D eigenvalue weighted by Gasteiger charge is -2.13. The van der Waals surface area contributed by atoms with Crippen LogP contribution in [0.4, 0.5) is 0 Å². The number of pyridine rings is 1. The fourth-order valence-corrected chi connectivity index (χ4v) is 2.00. The van der Waals surface area contributed by atoms with Crippen LogP contribution in [0, 0.1) is 0 Å². The van der Waals surface area contributed by atoms with Gasteiger partial charge < -0.3 is 10.5 Å². The second kappa shape index (κ2) is 6.90. The summed E-state index contributed by atoms with van der Waals surface area (Å²) in [5.74, 6) is 0.896. The molecule has 2 N–H and O–H groups in total. The lowest BCUT2D eigenvalue weighted by Crippen LogP contribution is -2.08. The van der Waals surface area contributed by atoms with Crippen LogP contribution in [-0.4, -0.2) is 11.6 Å². The zero-order valence-corrected chi connectivity index (χ0v) is 11.3. The van der Waals surface area contributed by atoms with Gasteiger partial charge in [-0.25, -0.2) is 0 Å². The van der Waals surface area contributed by atoms with Crippen LogP contribution in [0.15, 0.2) is 48.8 Å². The Morgan fingerprint density at radius 1 is 1.16 bits per heavy atom. The molecular weight excluding hydrogens is 236 g/mol. The van der Waals surface area contributed by atoms with Crippen LogP contribution in [0.2, 0.25) is 0 Å². The van der Waals surface area contributed by atoms with E-state index in [-0.39, 0.29) is 6.04 Å². The Bertz CT molecular complexity index is 497. The zero-order valence-electron chi connectivity index (χ0n) is 11.3. The van der Waals surface area contributed by atoms with E-state index in [1.807, 2.05) is 55.7 Å². The van der Waals surface area contributed by atoms with Gasteiger partial charge in [0.05, 0.1) is 6.61 Å². The SMILES string of the molecule is C[C@H](N)c1ccccc1OCCCc1ccncc1. The predicted octanol–water partition coefficient (Wildman–Crippen LogP) is 3.11. The fourth-order valence-electron chi connectivity index (χ4n) is 2.00. The first kappa shape index (κ1) is 13.6. The van der Waals surface area contributed by atoms with E-state index in [9.17, 15) is 0 Å². The molecule has 1 aromatic carbocycles. The van der Waals surface area contributed by atoms with Crippen molar-refractivity contribution in [1.29, 1.82) is 0 Å². The first-order valence-electron chi connectivity index (χ1n) is 6.63. The third kappa shape index (κ3) is 4.07. The van der Waals surface area contributed by atoms with E-state index in [1.165, 1.54) is 5.56 Å². The van der Waals surface area contributed by atoms with Crippen molar-refractivity contribution in [1.82, 2.24) is 4.98 Å². The molecule has 0 saturated heterocycles. The van der Waals surface area contributed by atoms with E-state index in [4.69, 9.17) is 10.5 Å². The quantitative estimate of drug-likeness (QED) is 0.808. The molecule has 100 valence electrons. The van der Waals surface area contributed by atoms with E-state index in [1.54, 1.807) is 0 Å². The van der Waals surface area contributed by atoms with Gasteiger partial charge in [-0.3, -0.25) is 4.98 Å². The van der Waals surface area contributed by atoms with Gasteiger partial charge in [0.25, 0.3) is 0 Å². The van der Waals surface area contributed by atoms with Crippen molar-refractivity contribution in [3.05, 3.63) is 59.9 Å². The summed E-state index contributed by atoms with van der Waals surface area (Å²) < 4.78 is 5.82. The molecule has 0 spiro atoms. The number of ether oxygens (including phenoxy) is 1. The number of benzene rings is 1. The van der Waals surface area contributed by atoms with E-state index in [0.29, 0.717) is 6.61 Å². The summed E-state index contributed by atoms with van der Waals surface area (Å²) in [6.07, 6.45) is 5.63. The predicted molar refractivity (Wildman–Crippen MR) is 77.1 cm³/mol. The van der Waals surface area contributed by atoms with Gasteiger partial charge in [0.2, 0.25) is 0 Å². The highest BCUT2D eigenvalue weighted by Gasteiger charge is 2.06. The molecule has 1 heterocycles. The van der Waals surface area contributed by atoms with Crippen molar-refractivity contribution < 1.29 is 4.74 Å². The van der Waals surface area contributed by atoms with Crippen LogP contribution in [0.25, 0.3) is 0 Å². The Morgan fingerprint density at radius 2 is 1.89 bits per heavy atom. The summed E-state index contributed by atoms with van der Waals surface area (Å²) in [6, 6.07) is 12.0. The van der Waals surface area contributed by atoms with Gasteiger partial charge >= 0.3 is 0 Å². The Balaban J connectivity index is 1.83. The standard InChI is InChI=1S/C16H20N2O/c1-13(17)15-6-2-3-7-16(15)19-12-4-5-14-8-10-18-11-9-14/h2-3,6-11,13H,4-5,12,17H2,1H3/t13-/m0/s1. The Kier molecular flexibility index (Phi) is 4.93. The lowest BCUT2D eigenvalue weighted by atomic mass is 10.1. The molecule has 0 radical (unpaired) electrons. The summed E-state index contributed by atoms with van der Waals surface area (Å²) in [5.41, 5.74) is 8.28. The normalized spacial score (nSPS) is 12.1. The number of rotatable bonds is 6. The molecule has 3 nitrogen and oxygen atoms in total. The molecule has 0 aliphatic heterocycles. The molecular formula is C16H20N2O. The maximum atomic E-state index is 5.92. The molecule has 0 aliphatic carbocycles. The monoisotopic (exact) mass is 256 g/mol. The van der Waals surface area contributed by atoms with Crippen LogP contribution < -0.4 is 10.5 Å². The summed E-state index contributed by atoms with van der Waals surface area (Å²) in [6.45, 7) is 2.67. The van der Waals surface area contributed by atoms with Crippen LogP contribution in [0.3, 0.4) is 0 Å². The second-order valence-electron chi connectivity index (χ2n) is 4.63. The Hall–Kier alpha value is -1.87. The third-order valence-electron chi connectivity index (χ3n) is 3.03. The lowest BCUT2D eigenvalue weighted by molar-refractivity contribution is 0.306. The number of hydrogen-bond acceptors (Lipinski definition) is 3. The molecule has 0 bridgehead atoms. The molecule has 3 heteroatoms. The molecule has 2 rings (SSSR count). The third-order valence-corrected chi connectivity index (χ3v) is 3.03. The molecule has 1 atom stereocenters. The topological polar surface area (TPSA) is 48.1 Å². The first-order valence-corrected chi connectivity index (χ1v) is 6.63. The van der Waals surface area contributed by atoms with Gasteiger partial charge in [-0.05, 0) is 43.5 Å². The van der Waals surface area contributed by atoms with E-state index in [2.05, 4.69) is 4.98 Å². The van der Waals surface area contributed by atoms with E-state index < -0.39 is 0 Å². The van der Waals surface area contributed by atoms with Gasteiger partial charge in [-0.2, -0.15) is 0 Å². The van der Waals surface area contributed by atoms with E-state index in [0.717, 1.165) is 24.2 Å². The number of hydrogen-bond donors (Lipinski definition) is 1. The fraction of sp³-hybridized carbons (Fsp3) is 0.312. The molecule has 19 heavy (non-hydrogen) atoms. The van der Waals surface area contributed by atoms with Crippen molar-refractivity contribution >= 4 is 0 Å². The largest absolute Gasteiger partial charge is 0.493 e. The average Bonchev–Trinajstić information content (AvgIpc) is 2.45. The highest BCUT2D eigenvalue weighted by molar-refractivity contribution is 5.35. The first-order chi connectivity index (χ1) is 9.27. The molecule has 0 saturated carbocycles. The smallest absolute Gasteiger partial charge is 0.124 e. The molecule has 1 aromatic heterocycles. The molecule has 0 amide bonds. The molecule has 2 aromatic rings. The number of aryl methyl sites for hydroxylation is 1. The summed E-state index contributed by atoms with van der Waals surface area (Å²) in [7, 11) is 0.